The number of hydrogen-bond donors (Lipinski definition) is 1. The SMILES string of the molecule is N#Cc1cc2c(nc1NCc1cccc(COCC3CCCO3)c1)COC2. The molecule has 0 spiro atoms. The molecule has 1 aromatic heterocycles. The van der Waals surface area contributed by atoms with Gasteiger partial charge in [-0.2, -0.15) is 5.26 Å². The van der Waals surface area contributed by atoms with Gasteiger partial charge in [0.1, 0.15) is 11.9 Å². The van der Waals surface area contributed by atoms with Gasteiger partial charge < -0.3 is 19.5 Å². The van der Waals surface area contributed by atoms with Crippen LogP contribution < -0.4 is 5.32 Å². The highest BCUT2D eigenvalue weighted by atomic mass is 16.5. The summed E-state index contributed by atoms with van der Waals surface area (Å²) in [7, 11) is 0. The van der Waals surface area contributed by atoms with Gasteiger partial charge in [0.25, 0.3) is 0 Å². The van der Waals surface area contributed by atoms with Crippen molar-refractivity contribution in [2.45, 2.75) is 45.3 Å². The molecule has 1 saturated heterocycles. The Bertz CT molecular complexity index is 841. The third-order valence-corrected chi connectivity index (χ3v) is 4.86. The van der Waals surface area contributed by atoms with Crippen molar-refractivity contribution in [3.05, 3.63) is 58.3 Å². The van der Waals surface area contributed by atoms with Crippen molar-refractivity contribution in [3.63, 3.8) is 0 Å². The van der Waals surface area contributed by atoms with Crippen molar-refractivity contribution in [2.75, 3.05) is 18.5 Å². The number of ether oxygens (including phenoxy) is 3. The molecule has 6 nitrogen and oxygen atoms in total. The van der Waals surface area contributed by atoms with E-state index >= 15 is 0 Å². The third kappa shape index (κ3) is 4.45. The molecule has 1 N–H and O–H groups in total. The van der Waals surface area contributed by atoms with Gasteiger partial charge in [-0.05, 0) is 30.0 Å². The van der Waals surface area contributed by atoms with E-state index < -0.39 is 0 Å². The fourth-order valence-corrected chi connectivity index (χ4v) is 3.42. The van der Waals surface area contributed by atoms with E-state index in [2.05, 4.69) is 34.6 Å². The van der Waals surface area contributed by atoms with E-state index in [0.717, 1.165) is 41.8 Å². The average molecular weight is 365 g/mol. The van der Waals surface area contributed by atoms with Gasteiger partial charge >= 0.3 is 0 Å². The minimum absolute atomic E-state index is 0.245. The van der Waals surface area contributed by atoms with Crippen molar-refractivity contribution in [1.29, 1.82) is 5.26 Å². The van der Waals surface area contributed by atoms with E-state index in [4.69, 9.17) is 14.2 Å². The van der Waals surface area contributed by atoms with Crippen LogP contribution in [0.4, 0.5) is 5.82 Å². The summed E-state index contributed by atoms with van der Waals surface area (Å²) in [6, 6.07) is 12.3. The van der Waals surface area contributed by atoms with Crippen LogP contribution in [0.2, 0.25) is 0 Å². The first-order valence-electron chi connectivity index (χ1n) is 9.33. The summed E-state index contributed by atoms with van der Waals surface area (Å²) in [4.78, 5) is 4.56. The number of nitriles is 1. The number of fused-ring (bicyclic) bond motifs is 1. The van der Waals surface area contributed by atoms with Crippen LogP contribution in [0.1, 0.15) is 40.8 Å². The van der Waals surface area contributed by atoms with Crippen LogP contribution >= 0.6 is 0 Å². The van der Waals surface area contributed by atoms with E-state index in [0.29, 0.717) is 44.4 Å². The Morgan fingerprint density at radius 1 is 1.26 bits per heavy atom. The van der Waals surface area contributed by atoms with Crippen LogP contribution in [0.5, 0.6) is 0 Å². The molecule has 140 valence electrons. The van der Waals surface area contributed by atoms with Gasteiger partial charge in [-0.15, -0.1) is 0 Å². The minimum atomic E-state index is 0.245. The predicted molar refractivity (Wildman–Crippen MR) is 99.8 cm³/mol. The molecule has 2 aromatic rings. The minimum Gasteiger partial charge on any atom is -0.376 e. The normalized spacial score (nSPS) is 18.3. The van der Waals surface area contributed by atoms with E-state index in [1.807, 2.05) is 12.1 Å². The summed E-state index contributed by atoms with van der Waals surface area (Å²) in [5.74, 6) is 0.613. The number of aromatic nitrogens is 1. The molecular weight excluding hydrogens is 342 g/mol. The fourth-order valence-electron chi connectivity index (χ4n) is 3.42. The zero-order valence-corrected chi connectivity index (χ0v) is 15.2. The van der Waals surface area contributed by atoms with Crippen molar-refractivity contribution in [2.24, 2.45) is 0 Å². The van der Waals surface area contributed by atoms with Gasteiger partial charge in [-0.3, -0.25) is 0 Å². The molecule has 2 aliphatic heterocycles. The highest BCUT2D eigenvalue weighted by Crippen LogP contribution is 2.24. The van der Waals surface area contributed by atoms with Crippen LogP contribution in [0.3, 0.4) is 0 Å². The fraction of sp³-hybridized carbons (Fsp3) is 0.429. The Hall–Kier alpha value is -2.46. The van der Waals surface area contributed by atoms with Gasteiger partial charge in [-0.25, -0.2) is 4.98 Å². The van der Waals surface area contributed by atoms with E-state index in [1.165, 1.54) is 0 Å². The smallest absolute Gasteiger partial charge is 0.144 e. The Morgan fingerprint density at radius 3 is 3.04 bits per heavy atom. The quantitative estimate of drug-likeness (QED) is 0.811. The average Bonchev–Trinajstić information content (AvgIpc) is 3.37. The van der Waals surface area contributed by atoms with Gasteiger partial charge in [0.15, 0.2) is 0 Å². The summed E-state index contributed by atoms with van der Waals surface area (Å²) < 4.78 is 16.8. The molecule has 0 amide bonds. The number of benzene rings is 1. The summed E-state index contributed by atoms with van der Waals surface area (Å²) in [5.41, 5.74) is 4.71. The lowest BCUT2D eigenvalue weighted by Crippen LogP contribution is -2.13. The van der Waals surface area contributed by atoms with Gasteiger partial charge in [-0.1, -0.05) is 24.3 Å². The molecule has 4 rings (SSSR count). The highest BCUT2D eigenvalue weighted by Gasteiger charge is 2.17. The number of pyridine rings is 1. The number of nitrogens with zero attached hydrogens (tertiary/aromatic N) is 2. The van der Waals surface area contributed by atoms with Crippen molar-refractivity contribution in [3.8, 4) is 6.07 Å². The van der Waals surface area contributed by atoms with Crippen LogP contribution in [0.25, 0.3) is 0 Å². The number of rotatable bonds is 7. The Kier molecular flexibility index (Phi) is 5.64. The van der Waals surface area contributed by atoms with Crippen LogP contribution in [-0.2, 0) is 40.6 Å². The predicted octanol–water partition coefficient (Wildman–Crippen LogP) is 3.29. The monoisotopic (exact) mass is 365 g/mol. The molecule has 1 unspecified atom stereocenters. The highest BCUT2D eigenvalue weighted by molar-refractivity contribution is 5.54. The van der Waals surface area contributed by atoms with Gasteiger partial charge in [0, 0.05) is 18.7 Å². The Balaban J connectivity index is 1.35. The van der Waals surface area contributed by atoms with E-state index in [9.17, 15) is 5.26 Å². The van der Waals surface area contributed by atoms with Crippen LogP contribution in [0.15, 0.2) is 30.3 Å². The molecule has 2 aliphatic rings. The Labute approximate surface area is 159 Å². The zero-order chi connectivity index (χ0) is 18.5. The standard InChI is InChI=1S/C21H23N3O3/c22-9-17-8-18-12-26-14-20(18)24-21(17)23-10-15-3-1-4-16(7-15)11-25-13-19-5-2-6-27-19/h1,3-4,7-8,19H,2,5-6,10-14H2,(H,23,24). The molecule has 1 fully saturated rings. The molecule has 0 aliphatic carbocycles. The first-order valence-corrected chi connectivity index (χ1v) is 9.33. The maximum Gasteiger partial charge on any atom is 0.144 e. The second-order valence-electron chi connectivity index (χ2n) is 6.92. The second-order valence-corrected chi connectivity index (χ2v) is 6.92. The Morgan fingerprint density at radius 2 is 2.19 bits per heavy atom. The summed E-state index contributed by atoms with van der Waals surface area (Å²) in [6.45, 7) is 3.71. The maximum atomic E-state index is 9.38. The lowest BCUT2D eigenvalue weighted by Gasteiger charge is -2.12. The summed E-state index contributed by atoms with van der Waals surface area (Å²) >= 11 is 0. The van der Waals surface area contributed by atoms with Gasteiger partial charge in [0.2, 0.25) is 0 Å². The van der Waals surface area contributed by atoms with Crippen LogP contribution in [-0.4, -0.2) is 24.3 Å². The maximum absolute atomic E-state index is 9.38. The first kappa shape index (κ1) is 17.9. The molecule has 0 radical (unpaired) electrons. The van der Waals surface area contributed by atoms with Gasteiger partial charge in [0.05, 0.1) is 43.8 Å². The molecule has 0 bridgehead atoms. The van der Waals surface area contributed by atoms with E-state index in [-0.39, 0.29) is 6.10 Å². The van der Waals surface area contributed by atoms with E-state index in [1.54, 1.807) is 0 Å². The van der Waals surface area contributed by atoms with Crippen molar-refractivity contribution in [1.82, 2.24) is 4.98 Å². The lowest BCUT2D eigenvalue weighted by atomic mass is 10.1. The first-order chi connectivity index (χ1) is 13.3. The molecular formula is C21H23N3O3. The third-order valence-electron chi connectivity index (χ3n) is 4.86. The van der Waals surface area contributed by atoms with Crippen LogP contribution in [0, 0.1) is 11.3 Å². The number of nitrogens with one attached hydrogen (secondary N) is 1. The van der Waals surface area contributed by atoms with Crippen molar-refractivity contribution < 1.29 is 14.2 Å². The second kappa shape index (κ2) is 8.49. The largest absolute Gasteiger partial charge is 0.376 e. The molecule has 6 heteroatoms. The number of anilines is 1. The topological polar surface area (TPSA) is 76.4 Å². The zero-order valence-electron chi connectivity index (χ0n) is 15.2. The molecule has 3 heterocycles. The molecule has 0 saturated carbocycles. The van der Waals surface area contributed by atoms with Crippen molar-refractivity contribution >= 4 is 5.82 Å². The summed E-state index contributed by atoms with van der Waals surface area (Å²) in [6.07, 6.45) is 2.46. The molecule has 1 aromatic carbocycles. The lowest BCUT2D eigenvalue weighted by molar-refractivity contribution is 0.0106. The summed E-state index contributed by atoms with van der Waals surface area (Å²) in [5, 5.41) is 12.7. The molecule has 1 atom stereocenters. The molecule has 27 heavy (non-hydrogen) atoms. The number of hydrogen-bond acceptors (Lipinski definition) is 6.